The lowest BCUT2D eigenvalue weighted by Gasteiger charge is -2.20. The maximum atomic E-state index is 11.5. The second kappa shape index (κ2) is 4.40. The van der Waals surface area contributed by atoms with Crippen LogP contribution in [0, 0.1) is 0 Å². The van der Waals surface area contributed by atoms with Crippen LogP contribution in [0.5, 0.6) is 0 Å². The first-order valence-corrected chi connectivity index (χ1v) is 5.13. The zero-order valence-electron chi connectivity index (χ0n) is 8.80. The smallest absolute Gasteiger partial charge is 0.242 e. The third kappa shape index (κ3) is 2.09. The van der Waals surface area contributed by atoms with Crippen LogP contribution in [0.2, 0.25) is 0 Å². The van der Waals surface area contributed by atoms with E-state index in [0.717, 1.165) is 5.56 Å². The first-order valence-electron chi connectivity index (χ1n) is 5.13. The van der Waals surface area contributed by atoms with Gasteiger partial charge in [-0.2, -0.15) is 0 Å². The predicted molar refractivity (Wildman–Crippen MR) is 57.3 cm³/mol. The number of rotatable bonds is 3. The van der Waals surface area contributed by atoms with Gasteiger partial charge in [-0.05, 0) is 11.6 Å². The molecule has 0 unspecified atom stereocenters. The number of nitrogens with zero attached hydrogens (tertiary/aromatic N) is 2. The highest BCUT2D eigenvalue weighted by atomic mass is 16.2. The molecule has 5 heteroatoms. The number of ketones is 1. The monoisotopic (exact) mass is 219 g/mol. The molecule has 0 bridgehead atoms. The first-order chi connectivity index (χ1) is 7.68. The molecule has 0 saturated carbocycles. The summed E-state index contributed by atoms with van der Waals surface area (Å²) in [5.74, 6) is -0.650. The summed E-state index contributed by atoms with van der Waals surface area (Å²) < 4.78 is 0. The fourth-order valence-electron chi connectivity index (χ4n) is 1.96. The van der Waals surface area contributed by atoms with Crippen molar-refractivity contribution in [2.75, 3.05) is 6.54 Å². The third-order valence-corrected chi connectivity index (χ3v) is 2.69. The Labute approximate surface area is 93.3 Å². The Morgan fingerprint density at radius 2 is 2.44 bits per heavy atom. The number of hydrogen-bond acceptors (Lipinski definition) is 4. The Morgan fingerprint density at radius 1 is 1.62 bits per heavy atom. The van der Waals surface area contributed by atoms with Crippen LogP contribution >= 0.6 is 0 Å². The van der Waals surface area contributed by atoms with Crippen molar-refractivity contribution in [2.45, 2.75) is 19.0 Å². The molecule has 0 spiro atoms. The molecule has 2 rings (SSSR count). The van der Waals surface area contributed by atoms with E-state index < -0.39 is 11.9 Å². The van der Waals surface area contributed by atoms with Crippen LogP contribution in [0.15, 0.2) is 24.5 Å². The second-order valence-electron chi connectivity index (χ2n) is 3.85. The van der Waals surface area contributed by atoms with E-state index in [0.29, 0.717) is 19.5 Å². The van der Waals surface area contributed by atoms with Crippen molar-refractivity contribution in [2.24, 2.45) is 5.73 Å². The van der Waals surface area contributed by atoms with E-state index >= 15 is 0 Å². The van der Waals surface area contributed by atoms with Crippen LogP contribution in [-0.2, 0) is 16.1 Å². The molecule has 1 atom stereocenters. The standard InChI is InChI=1S/C11H13N3O2/c12-11(16)10-9(15)3-5-14(10)7-8-2-1-4-13-6-8/h1-2,4,6,10H,3,5,7H2,(H2,12,16)/t10-/m0/s1. The fraction of sp³-hybridized carbons (Fsp3) is 0.364. The molecule has 1 saturated heterocycles. The SMILES string of the molecule is NC(=O)[C@@H]1C(=O)CCN1Cc1cccnc1. The Morgan fingerprint density at radius 3 is 3.06 bits per heavy atom. The summed E-state index contributed by atoms with van der Waals surface area (Å²) in [7, 11) is 0. The van der Waals surface area contributed by atoms with Crippen molar-refractivity contribution < 1.29 is 9.59 Å². The van der Waals surface area contributed by atoms with Gasteiger partial charge >= 0.3 is 0 Å². The minimum Gasteiger partial charge on any atom is -0.368 e. The number of amides is 1. The Hall–Kier alpha value is -1.75. The van der Waals surface area contributed by atoms with Crippen molar-refractivity contribution in [3.8, 4) is 0 Å². The van der Waals surface area contributed by atoms with Crippen LogP contribution in [0.3, 0.4) is 0 Å². The van der Waals surface area contributed by atoms with Gasteiger partial charge in [-0.25, -0.2) is 0 Å². The first kappa shape index (κ1) is 10.8. The Balaban J connectivity index is 2.10. The lowest BCUT2D eigenvalue weighted by molar-refractivity contribution is -0.130. The van der Waals surface area contributed by atoms with E-state index in [1.165, 1.54) is 0 Å². The molecule has 0 radical (unpaired) electrons. The fourth-order valence-corrected chi connectivity index (χ4v) is 1.96. The molecule has 1 aliphatic rings. The summed E-state index contributed by atoms with van der Waals surface area (Å²) in [4.78, 5) is 28.4. The number of hydrogen-bond donors (Lipinski definition) is 1. The summed E-state index contributed by atoms with van der Waals surface area (Å²) >= 11 is 0. The van der Waals surface area contributed by atoms with Crippen LogP contribution in [0.4, 0.5) is 0 Å². The molecule has 1 aliphatic heterocycles. The number of pyridine rings is 1. The number of Topliss-reactive ketones (excluding diaryl/α,β-unsaturated/α-hetero) is 1. The average Bonchev–Trinajstić information content (AvgIpc) is 2.61. The highest BCUT2D eigenvalue weighted by molar-refractivity contribution is 6.06. The van der Waals surface area contributed by atoms with Crippen molar-refractivity contribution in [1.29, 1.82) is 0 Å². The van der Waals surface area contributed by atoms with E-state index in [1.807, 2.05) is 12.1 Å². The minimum absolute atomic E-state index is 0.0867. The molecular formula is C11H13N3O2. The van der Waals surface area contributed by atoms with E-state index in [2.05, 4.69) is 4.98 Å². The van der Waals surface area contributed by atoms with Gasteiger partial charge in [0.1, 0.15) is 6.04 Å². The third-order valence-electron chi connectivity index (χ3n) is 2.69. The van der Waals surface area contributed by atoms with E-state index in [1.54, 1.807) is 17.3 Å². The zero-order valence-corrected chi connectivity index (χ0v) is 8.80. The van der Waals surface area contributed by atoms with Crippen LogP contribution in [0.25, 0.3) is 0 Å². The van der Waals surface area contributed by atoms with Gasteiger partial charge in [0.05, 0.1) is 0 Å². The van der Waals surface area contributed by atoms with Crippen LogP contribution < -0.4 is 5.73 Å². The van der Waals surface area contributed by atoms with Crippen LogP contribution in [-0.4, -0.2) is 34.2 Å². The van der Waals surface area contributed by atoms with Crippen LogP contribution in [0.1, 0.15) is 12.0 Å². The molecular weight excluding hydrogens is 206 g/mol. The highest BCUT2D eigenvalue weighted by Crippen LogP contribution is 2.16. The second-order valence-corrected chi connectivity index (χ2v) is 3.85. The van der Waals surface area contributed by atoms with Gasteiger partial charge < -0.3 is 5.73 Å². The molecule has 2 heterocycles. The summed E-state index contributed by atoms with van der Waals surface area (Å²) in [5.41, 5.74) is 6.19. The maximum absolute atomic E-state index is 11.5. The van der Waals surface area contributed by atoms with E-state index in [-0.39, 0.29) is 5.78 Å². The van der Waals surface area contributed by atoms with Crippen molar-refractivity contribution in [3.63, 3.8) is 0 Å². The maximum Gasteiger partial charge on any atom is 0.242 e. The van der Waals surface area contributed by atoms with E-state index in [4.69, 9.17) is 5.73 Å². The lowest BCUT2D eigenvalue weighted by atomic mass is 10.2. The zero-order chi connectivity index (χ0) is 11.5. The Kier molecular flexibility index (Phi) is 2.96. The normalized spacial score (nSPS) is 21.2. The molecule has 1 fully saturated rings. The molecule has 0 aliphatic carbocycles. The summed E-state index contributed by atoms with van der Waals surface area (Å²) in [6.45, 7) is 1.12. The predicted octanol–water partition coefficient (Wildman–Crippen LogP) is -0.290. The number of aromatic nitrogens is 1. The average molecular weight is 219 g/mol. The largest absolute Gasteiger partial charge is 0.368 e. The summed E-state index contributed by atoms with van der Waals surface area (Å²) in [5, 5.41) is 0. The van der Waals surface area contributed by atoms with Gasteiger partial charge in [0.2, 0.25) is 5.91 Å². The van der Waals surface area contributed by atoms with Gasteiger partial charge in [0.25, 0.3) is 0 Å². The van der Waals surface area contributed by atoms with Gasteiger partial charge in [0, 0.05) is 31.9 Å². The van der Waals surface area contributed by atoms with Crippen molar-refractivity contribution in [3.05, 3.63) is 30.1 Å². The molecule has 1 aromatic heterocycles. The summed E-state index contributed by atoms with van der Waals surface area (Å²) in [6, 6.07) is 2.97. The number of carbonyl (C=O) groups is 2. The van der Waals surface area contributed by atoms with Crippen molar-refractivity contribution >= 4 is 11.7 Å². The number of carbonyl (C=O) groups excluding carboxylic acids is 2. The molecule has 2 N–H and O–H groups in total. The molecule has 16 heavy (non-hydrogen) atoms. The Bertz CT molecular complexity index is 405. The molecule has 1 amide bonds. The highest BCUT2D eigenvalue weighted by Gasteiger charge is 2.36. The number of nitrogens with two attached hydrogens (primary N) is 1. The van der Waals surface area contributed by atoms with Crippen molar-refractivity contribution in [1.82, 2.24) is 9.88 Å². The van der Waals surface area contributed by atoms with Gasteiger partial charge in [0.15, 0.2) is 5.78 Å². The topological polar surface area (TPSA) is 76.3 Å². The molecule has 84 valence electrons. The molecule has 1 aromatic rings. The lowest BCUT2D eigenvalue weighted by Crippen LogP contribution is -2.43. The minimum atomic E-state index is -0.764. The van der Waals surface area contributed by atoms with E-state index in [9.17, 15) is 9.59 Å². The molecule has 0 aromatic carbocycles. The van der Waals surface area contributed by atoms with Gasteiger partial charge in [-0.15, -0.1) is 0 Å². The quantitative estimate of drug-likeness (QED) is 0.709. The van der Waals surface area contributed by atoms with Gasteiger partial charge in [-0.1, -0.05) is 6.07 Å². The number of likely N-dealkylation sites (tertiary alicyclic amines) is 1. The summed E-state index contributed by atoms with van der Waals surface area (Å²) in [6.07, 6.45) is 3.80. The number of primary amides is 1. The van der Waals surface area contributed by atoms with Gasteiger partial charge in [-0.3, -0.25) is 19.5 Å². The molecule has 5 nitrogen and oxygen atoms in total.